The van der Waals surface area contributed by atoms with Gasteiger partial charge in [-0.3, -0.25) is 0 Å². The Hall–Kier alpha value is 0.600. The molecule has 3 rings (SSSR count). The lowest BCUT2D eigenvalue weighted by molar-refractivity contribution is 0.555. The minimum absolute atomic E-state index is 0.222. The number of fused-ring (bicyclic) bond motifs is 1. The van der Waals surface area contributed by atoms with Crippen LogP contribution in [0, 0.1) is 0 Å². The predicted octanol–water partition coefficient (Wildman–Crippen LogP) is 5.32. The average Bonchev–Trinajstić information content (AvgIpc) is 2.54. The van der Waals surface area contributed by atoms with Crippen molar-refractivity contribution in [1.82, 2.24) is 0 Å². The molecular formula is C14H24P2. The molecule has 2 aliphatic heterocycles. The van der Waals surface area contributed by atoms with Crippen molar-refractivity contribution in [3.05, 3.63) is 11.1 Å². The second-order valence-corrected chi connectivity index (χ2v) is 14.9. The topological polar surface area (TPSA) is 0 Å². The molecule has 0 aromatic heterocycles. The summed E-state index contributed by atoms with van der Waals surface area (Å²) in [4.78, 5) is 0. The highest BCUT2D eigenvalue weighted by molar-refractivity contribution is 8.40. The molecule has 0 bridgehead atoms. The van der Waals surface area contributed by atoms with Crippen LogP contribution >= 0.6 is 15.2 Å². The van der Waals surface area contributed by atoms with Crippen molar-refractivity contribution >= 4 is 15.2 Å². The molecule has 2 heterocycles. The maximum atomic E-state index is 2.59. The molecule has 0 aromatic rings. The summed E-state index contributed by atoms with van der Waals surface area (Å²) in [6, 6.07) is 0. The van der Waals surface area contributed by atoms with Crippen molar-refractivity contribution < 1.29 is 0 Å². The van der Waals surface area contributed by atoms with E-state index in [1.165, 1.54) is 0 Å². The van der Waals surface area contributed by atoms with Crippen molar-refractivity contribution in [3.63, 3.8) is 0 Å². The first-order chi connectivity index (χ1) is 7.05. The van der Waals surface area contributed by atoms with E-state index in [4.69, 9.17) is 0 Å². The van der Waals surface area contributed by atoms with Crippen molar-refractivity contribution in [2.45, 2.75) is 76.0 Å². The molecule has 0 nitrogen and oxygen atoms in total. The third-order valence-electron chi connectivity index (χ3n) is 5.97. The number of hydrogen-bond acceptors (Lipinski definition) is 0. The first-order valence-electron chi connectivity index (χ1n) is 6.34. The molecule has 2 heteroatoms. The first-order valence-corrected chi connectivity index (χ1v) is 9.73. The van der Waals surface area contributed by atoms with Gasteiger partial charge in [0.1, 0.15) is 0 Å². The highest BCUT2D eigenvalue weighted by Crippen LogP contribution is 3.18. The van der Waals surface area contributed by atoms with Gasteiger partial charge in [-0.1, -0.05) is 67.9 Å². The third-order valence-corrected chi connectivity index (χ3v) is 19.2. The van der Waals surface area contributed by atoms with Crippen LogP contribution < -0.4 is 0 Å². The van der Waals surface area contributed by atoms with Gasteiger partial charge in [-0.25, -0.2) is 0 Å². The van der Waals surface area contributed by atoms with Crippen LogP contribution in [0.15, 0.2) is 11.1 Å². The second-order valence-electron chi connectivity index (χ2n) is 7.26. The minimum Gasteiger partial charge on any atom is -0.0628 e. The number of hydrogen-bond donors (Lipinski definition) is 0. The minimum atomic E-state index is 0.222. The lowest BCUT2D eigenvalue weighted by atomic mass is 9.88. The summed E-state index contributed by atoms with van der Waals surface area (Å²) in [5, 5.41) is 2.43. The van der Waals surface area contributed by atoms with Gasteiger partial charge in [0.15, 0.2) is 0 Å². The Kier molecular flexibility index (Phi) is 1.81. The number of allylic oxidation sites excluding steroid dienone is 2. The van der Waals surface area contributed by atoms with E-state index in [1.807, 2.05) is 0 Å². The predicted molar refractivity (Wildman–Crippen MR) is 77.2 cm³/mol. The van der Waals surface area contributed by atoms with Crippen LogP contribution in [0.5, 0.6) is 0 Å². The van der Waals surface area contributed by atoms with Crippen LogP contribution in [0.25, 0.3) is 0 Å². The Labute approximate surface area is 103 Å². The Morgan fingerprint density at radius 3 is 1.62 bits per heavy atom. The van der Waals surface area contributed by atoms with Gasteiger partial charge in [-0.05, 0) is 19.0 Å². The van der Waals surface area contributed by atoms with E-state index in [1.54, 1.807) is 11.1 Å². The van der Waals surface area contributed by atoms with Gasteiger partial charge in [0.2, 0.25) is 0 Å². The molecule has 0 saturated carbocycles. The third kappa shape index (κ3) is 0.735. The fourth-order valence-electron chi connectivity index (χ4n) is 4.78. The molecule has 2 fully saturated rings. The van der Waals surface area contributed by atoms with Crippen LogP contribution in [0.2, 0.25) is 0 Å². The summed E-state index contributed by atoms with van der Waals surface area (Å²) >= 11 is 0. The van der Waals surface area contributed by atoms with Crippen LogP contribution in [0.3, 0.4) is 0 Å². The quantitative estimate of drug-likeness (QED) is 0.405. The van der Waals surface area contributed by atoms with E-state index in [0.29, 0.717) is 28.2 Å². The van der Waals surface area contributed by atoms with E-state index in [0.717, 1.165) is 0 Å². The monoisotopic (exact) mass is 254 g/mol. The molecule has 0 amide bonds. The summed E-state index contributed by atoms with van der Waals surface area (Å²) in [6.07, 6.45) is 0. The molecule has 0 N–H and O–H groups in total. The van der Waals surface area contributed by atoms with Crippen molar-refractivity contribution in [3.8, 4) is 0 Å². The first kappa shape index (κ1) is 11.7. The fourth-order valence-corrected chi connectivity index (χ4v) is 20.6. The van der Waals surface area contributed by atoms with Crippen molar-refractivity contribution in [1.29, 1.82) is 0 Å². The van der Waals surface area contributed by atoms with E-state index in [-0.39, 0.29) is 7.61 Å². The highest BCUT2D eigenvalue weighted by Gasteiger charge is 2.94. The van der Waals surface area contributed by atoms with Crippen LogP contribution in [-0.4, -0.2) is 20.6 Å². The largest absolute Gasteiger partial charge is 0.0628 e. The second kappa shape index (κ2) is 2.48. The van der Waals surface area contributed by atoms with Gasteiger partial charge in [0, 0.05) is 15.5 Å². The average molecular weight is 254 g/mol. The fraction of sp³-hybridized carbons (Fsp3) is 0.857. The lowest BCUT2D eigenvalue weighted by Crippen LogP contribution is -2.46. The highest BCUT2D eigenvalue weighted by atomic mass is 32.1. The lowest BCUT2D eigenvalue weighted by Gasteiger charge is -2.58. The summed E-state index contributed by atoms with van der Waals surface area (Å²) in [7, 11) is 0.534. The molecule has 5 atom stereocenters. The standard InChI is InChI=1S/C14H24P2/c1-9-10(2)13(7)14(8)12(9,6)15(16(13)14)11(3,4)5/h1-8H3. The van der Waals surface area contributed by atoms with Crippen molar-refractivity contribution in [2.24, 2.45) is 0 Å². The zero-order valence-corrected chi connectivity index (χ0v) is 13.7. The van der Waals surface area contributed by atoms with Gasteiger partial charge in [0.25, 0.3) is 0 Å². The summed E-state index contributed by atoms with van der Waals surface area (Å²) in [5.41, 5.74) is 3.51. The number of rotatable bonds is 0. The molecule has 0 spiro atoms. The van der Waals surface area contributed by atoms with Gasteiger partial charge >= 0.3 is 0 Å². The normalized spacial score (nSPS) is 58.5. The van der Waals surface area contributed by atoms with E-state index in [9.17, 15) is 0 Å². The van der Waals surface area contributed by atoms with Crippen LogP contribution in [0.1, 0.15) is 55.4 Å². The van der Waals surface area contributed by atoms with E-state index < -0.39 is 0 Å². The Balaban J connectivity index is 2.18. The molecule has 2 saturated heterocycles. The molecule has 0 aromatic carbocycles. The summed E-state index contributed by atoms with van der Waals surface area (Å²) in [6.45, 7) is 20.0. The summed E-state index contributed by atoms with van der Waals surface area (Å²) < 4.78 is 0. The van der Waals surface area contributed by atoms with Crippen LogP contribution in [0.4, 0.5) is 0 Å². The van der Waals surface area contributed by atoms with Crippen LogP contribution in [-0.2, 0) is 0 Å². The van der Waals surface area contributed by atoms with E-state index in [2.05, 4.69) is 55.4 Å². The van der Waals surface area contributed by atoms with Gasteiger partial charge in [-0.15, -0.1) is 0 Å². The SMILES string of the molecule is CC1=C(C)C2(C)P3P(C(C)(C)C)C1(C)C32C. The van der Waals surface area contributed by atoms with Gasteiger partial charge in [0.05, 0.1) is 0 Å². The molecule has 3 aliphatic rings. The van der Waals surface area contributed by atoms with Gasteiger partial charge < -0.3 is 0 Å². The molecular weight excluding hydrogens is 230 g/mol. The smallest absolute Gasteiger partial charge is 0.0238 e. The van der Waals surface area contributed by atoms with Crippen molar-refractivity contribution in [2.75, 3.05) is 0 Å². The molecule has 1 aliphatic carbocycles. The van der Waals surface area contributed by atoms with Gasteiger partial charge in [-0.2, -0.15) is 0 Å². The Morgan fingerprint density at radius 2 is 1.31 bits per heavy atom. The molecule has 5 unspecified atom stereocenters. The van der Waals surface area contributed by atoms with E-state index >= 15 is 0 Å². The zero-order chi connectivity index (χ0) is 12.3. The summed E-state index contributed by atoms with van der Waals surface area (Å²) in [5.74, 6) is 0. The molecule has 0 radical (unpaired) electrons. The zero-order valence-electron chi connectivity index (χ0n) is 11.9. The maximum absolute atomic E-state index is 2.59. The molecule has 16 heavy (non-hydrogen) atoms. The Bertz CT molecular complexity index is 431. The molecule has 90 valence electrons. The Morgan fingerprint density at radius 1 is 0.875 bits per heavy atom. The maximum Gasteiger partial charge on any atom is 0.0238 e.